The number of thioether (sulfide) groups is 1. The Balaban J connectivity index is 3.31. The summed E-state index contributed by atoms with van der Waals surface area (Å²) in [5.41, 5.74) is -5.34. The van der Waals surface area contributed by atoms with Gasteiger partial charge in [0.05, 0.1) is 22.8 Å². The predicted octanol–water partition coefficient (Wildman–Crippen LogP) is 2.21. The van der Waals surface area contributed by atoms with Gasteiger partial charge >= 0.3 is 17.7 Å². The maximum atomic E-state index is 14.2. The van der Waals surface area contributed by atoms with E-state index in [-0.39, 0.29) is 10.5 Å². The average Bonchev–Trinajstić information content (AvgIpc) is 2.54. The summed E-state index contributed by atoms with van der Waals surface area (Å²) in [6.07, 6.45) is -4.29. The van der Waals surface area contributed by atoms with E-state index in [0.717, 1.165) is 23.9 Å². The fourth-order valence-electron chi connectivity index (χ4n) is 1.73. The number of carbonyl (C=O) groups excluding carboxylic acids is 2. The van der Waals surface area contributed by atoms with E-state index in [9.17, 15) is 32.3 Å². The van der Waals surface area contributed by atoms with Gasteiger partial charge in [-0.3, -0.25) is 4.79 Å². The minimum atomic E-state index is -5.70. The Morgan fingerprint density at radius 1 is 1.40 bits per heavy atom. The van der Waals surface area contributed by atoms with Gasteiger partial charge in [-0.25, -0.2) is 9.18 Å². The molecule has 1 rings (SSSR count). The molecule has 0 heterocycles. The van der Waals surface area contributed by atoms with Gasteiger partial charge in [0.25, 0.3) is 5.91 Å². The topological polar surface area (TPSA) is 99.4 Å². The lowest BCUT2D eigenvalue weighted by molar-refractivity contribution is -0.252. The van der Waals surface area contributed by atoms with Gasteiger partial charge < -0.3 is 15.2 Å². The zero-order chi connectivity index (χ0) is 19.4. The molecule has 1 atom stereocenters. The number of nitriles is 1. The molecule has 0 aliphatic rings. The zero-order valence-electron chi connectivity index (χ0n) is 12.9. The van der Waals surface area contributed by atoms with Crippen molar-refractivity contribution in [2.75, 3.05) is 18.2 Å². The van der Waals surface area contributed by atoms with Gasteiger partial charge in [0, 0.05) is 0 Å². The molecule has 0 fully saturated rings. The Labute approximate surface area is 143 Å². The largest absolute Gasteiger partial charge is 0.463 e. The van der Waals surface area contributed by atoms with E-state index in [1.807, 2.05) is 0 Å². The van der Waals surface area contributed by atoms with Gasteiger partial charge in [0.15, 0.2) is 5.82 Å². The lowest BCUT2D eigenvalue weighted by atomic mass is 10.0. The maximum Gasteiger partial charge on any atom is 0.437 e. The van der Waals surface area contributed by atoms with Gasteiger partial charge in [-0.2, -0.15) is 18.4 Å². The molecule has 6 nitrogen and oxygen atoms in total. The summed E-state index contributed by atoms with van der Waals surface area (Å²) in [5, 5.41) is 20.0. The first-order chi connectivity index (χ1) is 11.5. The van der Waals surface area contributed by atoms with E-state index in [2.05, 4.69) is 4.74 Å². The van der Waals surface area contributed by atoms with Crippen molar-refractivity contribution < 1.29 is 37.0 Å². The Morgan fingerprint density at radius 3 is 2.44 bits per heavy atom. The van der Waals surface area contributed by atoms with Crippen molar-refractivity contribution in [2.24, 2.45) is 0 Å². The quantitative estimate of drug-likeness (QED) is 0.352. The molecule has 1 amide bonds. The molecule has 0 aliphatic carbocycles. The van der Waals surface area contributed by atoms with E-state index in [1.54, 1.807) is 6.07 Å². The van der Waals surface area contributed by atoms with Crippen molar-refractivity contribution in [1.29, 1.82) is 5.26 Å². The molecule has 25 heavy (non-hydrogen) atoms. The number of ether oxygens (including phenoxy) is 1. The highest BCUT2D eigenvalue weighted by atomic mass is 32.2. The third-order valence-electron chi connectivity index (χ3n) is 2.98. The normalized spacial score (nSPS) is 13.5. The van der Waals surface area contributed by atoms with Crippen LogP contribution in [0.2, 0.25) is 0 Å². The van der Waals surface area contributed by atoms with E-state index in [4.69, 9.17) is 5.26 Å². The van der Waals surface area contributed by atoms with Crippen LogP contribution in [0.25, 0.3) is 0 Å². The summed E-state index contributed by atoms with van der Waals surface area (Å²) < 4.78 is 57.5. The fourth-order valence-corrected chi connectivity index (χ4v) is 2.35. The van der Waals surface area contributed by atoms with Gasteiger partial charge in [-0.15, -0.1) is 11.8 Å². The highest BCUT2D eigenvalue weighted by molar-refractivity contribution is 7.98. The number of hydrogen-bond donors (Lipinski definition) is 2. The first-order valence-corrected chi connectivity index (χ1v) is 7.81. The number of anilines is 1. The van der Waals surface area contributed by atoms with Crippen LogP contribution >= 0.6 is 11.8 Å². The second kappa shape index (κ2) is 7.71. The second-order valence-corrected chi connectivity index (χ2v) is 5.32. The highest BCUT2D eigenvalue weighted by Crippen LogP contribution is 2.34. The Morgan fingerprint density at radius 2 is 2.00 bits per heavy atom. The number of nitrogens with one attached hydrogen (secondary N) is 1. The van der Waals surface area contributed by atoms with Gasteiger partial charge in [0.2, 0.25) is 0 Å². The second-order valence-electron chi connectivity index (χ2n) is 4.50. The number of nitrogens with zero attached hydrogens (tertiary/aromatic N) is 1. The van der Waals surface area contributed by atoms with Crippen LogP contribution in [0, 0.1) is 17.1 Å². The van der Waals surface area contributed by atoms with Crippen molar-refractivity contribution in [3.8, 4) is 6.07 Å². The standard InChI is InChI=1S/C14H12F4N2O4S/c1-3-24-12(22)13(23,14(16,17)18)11(21)20-8-5-4-7(6-19)10(25-2)9(8)15/h4-5,23H,3H2,1-2H3,(H,20,21). The monoisotopic (exact) mass is 380 g/mol. The van der Waals surface area contributed by atoms with E-state index >= 15 is 0 Å². The van der Waals surface area contributed by atoms with Crippen molar-refractivity contribution in [2.45, 2.75) is 23.6 Å². The summed E-state index contributed by atoms with van der Waals surface area (Å²) in [7, 11) is 0. The molecule has 0 bridgehead atoms. The lowest BCUT2D eigenvalue weighted by Gasteiger charge is -2.26. The van der Waals surface area contributed by atoms with Crippen LogP contribution in [-0.2, 0) is 14.3 Å². The molecule has 0 radical (unpaired) electrons. The number of alkyl halides is 3. The zero-order valence-corrected chi connectivity index (χ0v) is 13.7. The van der Waals surface area contributed by atoms with Gasteiger partial charge in [0.1, 0.15) is 6.07 Å². The summed E-state index contributed by atoms with van der Waals surface area (Å²) in [4.78, 5) is 23.1. The lowest BCUT2D eigenvalue weighted by Crippen LogP contribution is -2.61. The third kappa shape index (κ3) is 3.85. The van der Waals surface area contributed by atoms with Crippen LogP contribution in [0.5, 0.6) is 0 Å². The minimum Gasteiger partial charge on any atom is -0.463 e. The molecule has 1 aromatic rings. The smallest absolute Gasteiger partial charge is 0.437 e. The van der Waals surface area contributed by atoms with E-state index in [1.165, 1.54) is 18.5 Å². The Bertz CT molecular complexity index is 733. The summed E-state index contributed by atoms with van der Waals surface area (Å²) in [6, 6.07) is 3.59. The summed E-state index contributed by atoms with van der Waals surface area (Å²) in [6.45, 7) is 0.657. The molecule has 0 saturated carbocycles. The van der Waals surface area contributed by atoms with Crippen molar-refractivity contribution in [3.05, 3.63) is 23.5 Å². The van der Waals surface area contributed by atoms with E-state index in [0.29, 0.717) is 0 Å². The third-order valence-corrected chi connectivity index (χ3v) is 3.79. The number of halogens is 4. The molecule has 2 N–H and O–H groups in total. The molecule has 0 spiro atoms. The Kier molecular flexibility index (Phi) is 6.39. The van der Waals surface area contributed by atoms with Gasteiger partial charge in [-0.1, -0.05) is 0 Å². The predicted molar refractivity (Wildman–Crippen MR) is 79.2 cm³/mol. The van der Waals surface area contributed by atoms with E-state index < -0.39 is 41.8 Å². The van der Waals surface area contributed by atoms with Crippen LogP contribution in [-0.4, -0.2) is 41.6 Å². The van der Waals surface area contributed by atoms with Crippen molar-refractivity contribution in [1.82, 2.24) is 0 Å². The minimum absolute atomic E-state index is 0.0977. The molecular weight excluding hydrogens is 368 g/mol. The molecule has 0 aromatic heterocycles. The Hall–Kier alpha value is -2.32. The first-order valence-electron chi connectivity index (χ1n) is 6.58. The fraction of sp³-hybridized carbons (Fsp3) is 0.357. The number of amides is 1. The van der Waals surface area contributed by atoms with Crippen molar-refractivity contribution in [3.63, 3.8) is 0 Å². The van der Waals surface area contributed by atoms with Crippen LogP contribution in [0.1, 0.15) is 12.5 Å². The SMILES string of the molecule is CCOC(=O)C(O)(C(=O)Nc1ccc(C#N)c(SC)c1F)C(F)(F)F. The van der Waals surface area contributed by atoms with Crippen LogP contribution in [0.3, 0.4) is 0 Å². The number of benzene rings is 1. The molecule has 0 saturated heterocycles. The van der Waals surface area contributed by atoms with Crippen LogP contribution in [0.4, 0.5) is 23.2 Å². The molecule has 11 heteroatoms. The van der Waals surface area contributed by atoms with Crippen molar-refractivity contribution >= 4 is 29.3 Å². The number of aliphatic hydroxyl groups is 1. The summed E-state index contributed by atoms with van der Waals surface area (Å²) >= 11 is 0.790. The number of carbonyl (C=O) groups is 2. The number of esters is 1. The van der Waals surface area contributed by atoms with Gasteiger partial charge in [-0.05, 0) is 25.3 Å². The highest BCUT2D eigenvalue weighted by Gasteiger charge is 2.66. The van der Waals surface area contributed by atoms with Crippen LogP contribution < -0.4 is 5.32 Å². The summed E-state index contributed by atoms with van der Waals surface area (Å²) in [5.74, 6) is -5.64. The molecular formula is C14H12F4N2O4S. The number of hydrogen-bond acceptors (Lipinski definition) is 6. The first kappa shape index (κ1) is 20.7. The molecule has 136 valence electrons. The number of rotatable bonds is 5. The molecule has 1 unspecified atom stereocenters. The average molecular weight is 380 g/mol. The molecule has 0 aliphatic heterocycles. The maximum absolute atomic E-state index is 14.2. The molecule has 1 aromatic carbocycles. The van der Waals surface area contributed by atoms with Crippen LogP contribution in [0.15, 0.2) is 17.0 Å².